The van der Waals surface area contributed by atoms with Gasteiger partial charge in [-0.3, -0.25) is 14.4 Å². The Morgan fingerprint density at radius 1 is 1.11 bits per heavy atom. The number of hydrogen-bond acceptors (Lipinski definition) is 5. The third-order valence-electron chi connectivity index (χ3n) is 3.61. The first kappa shape index (κ1) is 20.5. The Morgan fingerprint density at radius 2 is 1.81 bits per heavy atom. The standard InChI is InChI=1S/C20H20ClNO5/c1-13(23)15-6-8-18(9-7-15)26-11-10-19(24)27-14(2)20(25)22-17-5-3-4-16(21)12-17/h3-9,12,14H,10-11H2,1-2H3,(H,22,25). The number of rotatable bonds is 8. The maximum atomic E-state index is 12.1. The minimum atomic E-state index is -0.952. The molecule has 27 heavy (non-hydrogen) atoms. The molecule has 1 amide bonds. The summed E-state index contributed by atoms with van der Waals surface area (Å²) >= 11 is 5.86. The first-order chi connectivity index (χ1) is 12.8. The number of anilines is 1. The molecule has 1 unspecified atom stereocenters. The van der Waals surface area contributed by atoms with E-state index in [1.807, 2.05) is 0 Å². The molecule has 2 rings (SSSR count). The molecule has 142 valence electrons. The van der Waals surface area contributed by atoms with Gasteiger partial charge in [0.25, 0.3) is 5.91 Å². The van der Waals surface area contributed by atoms with Gasteiger partial charge in [-0.2, -0.15) is 0 Å². The normalized spacial score (nSPS) is 11.4. The lowest BCUT2D eigenvalue weighted by atomic mass is 10.1. The Morgan fingerprint density at radius 3 is 2.44 bits per heavy atom. The third kappa shape index (κ3) is 6.75. The van der Waals surface area contributed by atoms with Crippen molar-refractivity contribution in [2.75, 3.05) is 11.9 Å². The maximum absolute atomic E-state index is 12.1. The molecule has 0 heterocycles. The summed E-state index contributed by atoms with van der Waals surface area (Å²) in [5, 5.41) is 3.12. The Bertz CT molecular complexity index is 819. The number of nitrogens with one attached hydrogen (secondary N) is 1. The van der Waals surface area contributed by atoms with E-state index in [4.69, 9.17) is 21.1 Å². The van der Waals surface area contributed by atoms with E-state index in [0.717, 1.165) is 0 Å². The van der Waals surface area contributed by atoms with Crippen LogP contribution in [0.25, 0.3) is 0 Å². The van der Waals surface area contributed by atoms with E-state index in [-0.39, 0.29) is 18.8 Å². The van der Waals surface area contributed by atoms with Crippen molar-refractivity contribution in [2.45, 2.75) is 26.4 Å². The van der Waals surface area contributed by atoms with Crippen LogP contribution in [0.5, 0.6) is 5.75 Å². The van der Waals surface area contributed by atoms with Gasteiger partial charge in [-0.05, 0) is 56.3 Å². The lowest BCUT2D eigenvalue weighted by molar-refractivity contribution is -0.153. The minimum Gasteiger partial charge on any atom is -0.493 e. The molecule has 0 aliphatic rings. The topological polar surface area (TPSA) is 81.7 Å². The summed E-state index contributed by atoms with van der Waals surface area (Å²) < 4.78 is 10.5. The highest BCUT2D eigenvalue weighted by Gasteiger charge is 2.18. The van der Waals surface area contributed by atoms with E-state index in [9.17, 15) is 14.4 Å². The fourth-order valence-electron chi connectivity index (χ4n) is 2.16. The van der Waals surface area contributed by atoms with Crippen LogP contribution >= 0.6 is 11.6 Å². The summed E-state index contributed by atoms with van der Waals surface area (Å²) in [7, 11) is 0. The number of carbonyl (C=O) groups excluding carboxylic acids is 3. The van der Waals surface area contributed by atoms with Crippen molar-refractivity contribution in [1.82, 2.24) is 0 Å². The predicted octanol–water partition coefficient (Wildman–Crippen LogP) is 3.88. The number of ether oxygens (including phenoxy) is 2. The van der Waals surface area contributed by atoms with Gasteiger partial charge in [0.15, 0.2) is 11.9 Å². The molecule has 0 fully saturated rings. The fraction of sp³-hybridized carbons (Fsp3) is 0.250. The monoisotopic (exact) mass is 389 g/mol. The van der Waals surface area contributed by atoms with Crippen LogP contribution in [0.4, 0.5) is 5.69 Å². The number of Topliss-reactive ketones (excluding diaryl/α,β-unsaturated/α-hetero) is 1. The average Bonchev–Trinajstić information content (AvgIpc) is 2.62. The summed E-state index contributed by atoms with van der Waals surface area (Å²) in [4.78, 5) is 35.1. The molecule has 0 spiro atoms. The molecule has 0 radical (unpaired) electrons. The lowest BCUT2D eigenvalue weighted by Crippen LogP contribution is -2.30. The molecule has 6 nitrogen and oxygen atoms in total. The largest absolute Gasteiger partial charge is 0.493 e. The van der Waals surface area contributed by atoms with Gasteiger partial charge < -0.3 is 14.8 Å². The van der Waals surface area contributed by atoms with Gasteiger partial charge in [0.2, 0.25) is 0 Å². The molecule has 0 aromatic heterocycles. The number of ketones is 1. The summed E-state index contributed by atoms with van der Waals surface area (Å²) in [5.41, 5.74) is 1.11. The van der Waals surface area contributed by atoms with E-state index >= 15 is 0 Å². The Balaban J connectivity index is 1.74. The highest BCUT2D eigenvalue weighted by molar-refractivity contribution is 6.30. The molecule has 1 N–H and O–H groups in total. The fourth-order valence-corrected chi connectivity index (χ4v) is 2.35. The van der Waals surface area contributed by atoms with Crippen LogP contribution in [0, 0.1) is 0 Å². The van der Waals surface area contributed by atoms with Gasteiger partial charge in [0.05, 0.1) is 13.0 Å². The van der Waals surface area contributed by atoms with Gasteiger partial charge in [0.1, 0.15) is 5.75 Å². The molecule has 0 aliphatic heterocycles. The summed E-state index contributed by atoms with van der Waals surface area (Å²) in [6, 6.07) is 13.3. The van der Waals surface area contributed by atoms with Crippen molar-refractivity contribution in [3.63, 3.8) is 0 Å². The number of amides is 1. The average molecular weight is 390 g/mol. The van der Waals surface area contributed by atoms with Crippen LogP contribution in [0.15, 0.2) is 48.5 Å². The van der Waals surface area contributed by atoms with Gasteiger partial charge in [0, 0.05) is 16.3 Å². The highest BCUT2D eigenvalue weighted by atomic mass is 35.5. The zero-order valence-corrected chi connectivity index (χ0v) is 15.8. The number of esters is 1. The SMILES string of the molecule is CC(=O)c1ccc(OCCC(=O)OC(C)C(=O)Nc2cccc(Cl)c2)cc1. The van der Waals surface area contributed by atoms with Gasteiger partial charge >= 0.3 is 5.97 Å². The van der Waals surface area contributed by atoms with E-state index in [1.54, 1.807) is 48.5 Å². The second kappa shape index (κ2) is 9.73. The predicted molar refractivity (Wildman–Crippen MR) is 102 cm³/mol. The Labute approximate surface area is 162 Å². The van der Waals surface area contributed by atoms with Crippen molar-refractivity contribution >= 4 is 34.9 Å². The smallest absolute Gasteiger partial charge is 0.310 e. The van der Waals surface area contributed by atoms with Crippen LogP contribution in [0.1, 0.15) is 30.6 Å². The van der Waals surface area contributed by atoms with Crippen LogP contribution < -0.4 is 10.1 Å². The second-order valence-electron chi connectivity index (χ2n) is 5.81. The molecular formula is C20H20ClNO5. The quantitative estimate of drug-likeness (QED) is 0.547. The van der Waals surface area contributed by atoms with Crippen molar-refractivity contribution in [3.8, 4) is 5.75 Å². The van der Waals surface area contributed by atoms with E-state index in [1.165, 1.54) is 13.8 Å². The third-order valence-corrected chi connectivity index (χ3v) is 3.84. The Kier molecular flexibility index (Phi) is 7.37. The number of benzene rings is 2. The molecule has 0 aliphatic carbocycles. The first-order valence-corrected chi connectivity index (χ1v) is 8.72. The van der Waals surface area contributed by atoms with Crippen LogP contribution in [0.3, 0.4) is 0 Å². The molecular weight excluding hydrogens is 370 g/mol. The molecule has 0 saturated heterocycles. The zero-order valence-electron chi connectivity index (χ0n) is 15.0. The Hall–Kier alpha value is -2.86. The molecule has 7 heteroatoms. The van der Waals surface area contributed by atoms with Crippen LogP contribution in [-0.4, -0.2) is 30.4 Å². The number of hydrogen-bond donors (Lipinski definition) is 1. The first-order valence-electron chi connectivity index (χ1n) is 8.35. The van der Waals surface area contributed by atoms with E-state index < -0.39 is 18.0 Å². The van der Waals surface area contributed by atoms with E-state index in [0.29, 0.717) is 22.0 Å². The minimum absolute atomic E-state index is 0.0107. The summed E-state index contributed by atoms with van der Waals surface area (Å²) in [6.45, 7) is 3.07. The second-order valence-corrected chi connectivity index (χ2v) is 6.25. The van der Waals surface area contributed by atoms with Crippen LogP contribution in [-0.2, 0) is 14.3 Å². The summed E-state index contributed by atoms with van der Waals surface area (Å²) in [6.07, 6.45) is -0.963. The van der Waals surface area contributed by atoms with Crippen molar-refractivity contribution < 1.29 is 23.9 Å². The maximum Gasteiger partial charge on any atom is 0.310 e. The molecule has 0 saturated carbocycles. The number of carbonyl (C=O) groups is 3. The van der Waals surface area contributed by atoms with Gasteiger partial charge in [-0.15, -0.1) is 0 Å². The molecule has 1 atom stereocenters. The zero-order chi connectivity index (χ0) is 19.8. The van der Waals surface area contributed by atoms with Gasteiger partial charge in [-0.25, -0.2) is 0 Å². The van der Waals surface area contributed by atoms with Crippen LogP contribution in [0.2, 0.25) is 5.02 Å². The molecule has 2 aromatic carbocycles. The van der Waals surface area contributed by atoms with Gasteiger partial charge in [-0.1, -0.05) is 17.7 Å². The van der Waals surface area contributed by atoms with Crippen molar-refractivity contribution in [1.29, 1.82) is 0 Å². The van der Waals surface area contributed by atoms with E-state index in [2.05, 4.69) is 5.32 Å². The molecule has 2 aromatic rings. The number of halogens is 1. The van der Waals surface area contributed by atoms with Crippen molar-refractivity contribution in [3.05, 3.63) is 59.1 Å². The highest BCUT2D eigenvalue weighted by Crippen LogP contribution is 2.16. The summed E-state index contributed by atoms with van der Waals surface area (Å²) in [5.74, 6) is -0.495. The van der Waals surface area contributed by atoms with Crippen molar-refractivity contribution in [2.24, 2.45) is 0 Å². The lowest BCUT2D eigenvalue weighted by Gasteiger charge is -2.14. The molecule has 0 bridgehead atoms.